The van der Waals surface area contributed by atoms with Crippen LogP contribution in [-0.2, 0) is 4.79 Å². The quantitative estimate of drug-likeness (QED) is 0.405. The Morgan fingerprint density at radius 1 is 1.12 bits per heavy atom. The summed E-state index contributed by atoms with van der Waals surface area (Å²) in [4.78, 5) is 18.0. The number of carbonyl (C=O) groups excluding carboxylic acids is 1. The molecule has 4 N–H and O–H groups in total. The van der Waals surface area contributed by atoms with Gasteiger partial charge in [0, 0.05) is 30.9 Å². The van der Waals surface area contributed by atoms with Crippen molar-refractivity contribution in [3.05, 3.63) is 29.8 Å². The van der Waals surface area contributed by atoms with E-state index < -0.39 is 0 Å². The lowest BCUT2D eigenvalue weighted by molar-refractivity contribution is -0.124. The number of aliphatic hydroxyl groups excluding tert-OH is 1. The number of benzene rings is 1. The summed E-state index contributed by atoms with van der Waals surface area (Å²) in [5.41, 5.74) is 3.10. The van der Waals surface area contributed by atoms with Crippen LogP contribution in [0.4, 0.5) is 11.5 Å². The molecule has 2 aromatic rings. The van der Waals surface area contributed by atoms with E-state index in [1.54, 1.807) is 0 Å². The monoisotopic (exact) mass is 486 g/mol. The van der Waals surface area contributed by atoms with Crippen LogP contribution in [0.2, 0.25) is 0 Å². The predicted molar refractivity (Wildman–Crippen MR) is 141 cm³/mol. The second kappa shape index (κ2) is 10.4. The minimum Gasteiger partial charge on any atom is -0.395 e. The Morgan fingerprint density at radius 3 is 2.44 bits per heavy atom. The summed E-state index contributed by atoms with van der Waals surface area (Å²) in [5.74, 6) is 3.56. The molecule has 1 heterocycles. The van der Waals surface area contributed by atoms with E-state index >= 15 is 0 Å². The normalized spacial score (nSPS) is 27.9. The Balaban J connectivity index is 0.00000274. The van der Waals surface area contributed by atoms with Gasteiger partial charge in [-0.25, -0.2) is 4.98 Å². The summed E-state index contributed by atoms with van der Waals surface area (Å²) in [6.45, 7) is 5.57. The summed E-state index contributed by atoms with van der Waals surface area (Å²) >= 11 is 0. The minimum absolute atomic E-state index is 0. The van der Waals surface area contributed by atoms with Crippen molar-refractivity contribution >= 4 is 40.7 Å². The van der Waals surface area contributed by atoms with Gasteiger partial charge in [-0.05, 0) is 99.3 Å². The number of hydrogen-bond donors (Lipinski definition) is 4. The van der Waals surface area contributed by atoms with Gasteiger partial charge in [-0.2, -0.15) is 0 Å². The molecule has 0 radical (unpaired) electrons. The number of pyridine rings is 1. The molecule has 4 aliphatic rings. The fourth-order valence-electron chi connectivity index (χ4n) is 7.25. The number of carbonyl (C=O) groups is 1. The van der Waals surface area contributed by atoms with E-state index in [9.17, 15) is 4.79 Å². The molecule has 6 nitrogen and oxygen atoms in total. The van der Waals surface area contributed by atoms with Gasteiger partial charge in [0.15, 0.2) is 0 Å². The van der Waals surface area contributed by atoms with E-state index in [0.717, 1.165) is 52.3 Å². The molecule has 34 heavy (non-hydrogen) atoms. The van der Waals surface area contributed by atoms with Crippen LogP contribution in [0.15, 0.2) is 24.3 Å². The van der Waals surface area contributed by atoms with Crippen molar-refractivity contribution in [2.75, 3.05) is 30.3 Å². The average molecular weight is 487 g/mol. The van der Waals surface area contributed by atoms with Crippen LogP contribution < -0.4 is 16.0 Å². The van der Waals surface area contributed by atoms with Crippen LogP contribution in [0.1, 0.15) is 57.4 Å². The maximum absolute atomic E-state index is 13.3. The molecule has 1 unspecified atom stereocenters. The Hall–Kier alpha value is -1.89. The molecule has 186 valence electrons. The highest BCUT2D eigenvalue weighted by molar-refractivity contribution is 6.02. The molecule has 4 saturated carbocycles. The summed E-state index contributed by atoms with van der Waals surface area (Å²) in [6.07, 6.45) is 8.64. The van der Waals surface area contributed by atoms with Crippen molar-refractivity contribution in [1.82, 2.24) is 10.3 Å². The van der Waals surface area contributed by atoms with E-state index in [1.165, 1.54) is 38.5 Å². The third-order valence-corrected chi connectivity index (χ3v) is 8.24. The van der Waals surface area contributed by atoms with Crippen LogP contribution in [-0.4, -0.2) is 41.7 Å². The maximum atomic E-state index is 13.3. The van der Waals surface area contributed by atoms with E-state index in [1.807, 2.05) is 18.2 Å². The fraction of sp³-hybridized carbons (Fsp3) is 0.630. The Morgan fingerprint density at radius 2 is 1.79 bits per heavy atom. The average Bonchev–Trinajstić information content (AvgIpc) is 2.76. The van der Waals surface area contributed by atoms with Gasteiger partial charge in [-0.3, -0.25) is 4.79 Å². The predicted octanol–water partition coefficient (Wildman–Crippen LogP) is 4.89. The molecular formula is C27H39ClN4O2. The summed E-state index contributed by atoms with van der Waals surface area (Å²) in [5, 5.41) is 19.8. The largest absolute Gasteiger partial charge is 0.395 e. The first-order chi connectivity index (χ1) is 15.9. The van der Waals surface area contributed by atoms with Gasteiger partial charge >= 0.3 is 0 Å². The van der Waals surface area contributed by atoms with Gasteiger partial charge in [-0.15, -0.1) is 12.4 Å². The van der Waals surface area contributed by atoms with E-state index in [0.29, 0.717) is 13.0 Å². The Labute approximate surface area is 209 Å². The zero-order valence-corrected chi connectivity index (χ0v) is 21.2. The molecule has 0 aliphatic heterocycles. The molecule has 4 bridgehead atoms. The van der Waals surface area contributed by atoms with Gasteiger partial charge in [0.25, 0.3) is 0 Å². The number of hydrogen-bond acceptors (Lipinski definition) is 5. The maximum Gasteiger partial charge on any atom is 0.224 e. The number of amides is 1. The lowest BCUT2D eigenvalue weighted by atomic mass is 9.49. The highest BCUT2D eigenvalue weighted by Gasteiger charge is 2.51. The van der Waals surface area contributed by atoms with Crippen molar-refractivity contribution in [2.45, 2.75) is 64.8 Å². The first-order valence-corrected chi connectivity index (χ1v) is 12.7. The summed E-state index contributed by atoms with van der Waals surface area (Å²) < 4.78 is 0. The molecular weight excluding hydrogens is 448 g/mol. The second-order valence-corrected chi connectivity index (χ2v) is 11.1. The molecule has 4 fully saturated rings. The molecule has 0 saturated heterocycles. The fourth-order valence-corrected chi connectivity index (χ4v) is 7.25. The van der Waals surface area contributed by atoms with Crippen molar-refractivity contribution in [2.24, 2.45) is 23.2 Å². The number of nitrogens with zero attached hydrogens (tertiary/aromatic N) is 1. The van der Waals surface area contributed by atoms with E-state index in [2.05, 4.69) is 35.9 Å². The van der Waals surface area contributed by atoms with Gasteiger partial charge in [0.1, 0.15) is 5.82 Å². The second-order valence-electron chi connectivity index (χ2n) is 11.1. The molecule has 1 aromatic carbocycles. The van der Waals surface area contributed by atoms with Crippen LogP contribution >= 0.6 is 12.4 Å². The summed E-state index contributed by atoms with van der Waals surface area (Å²) in [6, 6.07) is 8.34. The van der Waals surface area contributed by atoms with Crippen LogP contribution in [0.5, 0.6) is 0 Å². The van der Waals surface area contributed by atoms with Crippen molar-refractivity contribution < 1.29 is 9.90 Å². The molecule has 6 rings (SSSR count). The minimum atomic E-state index is 0. The molecule has 1 atom stereocenters. The highest BCUT2D eigenvalue weighted by atomic mass is 35.5. The standard InChI is InChI=1S/C27H38N4O2.ClH/c1-17-3-5-23-22(4-6-24(30-23)29-16-18(2)28-7-8-32)26(17)31-25(33)15-27-12-19-9-20(13-27)11-21(10-19)14-27;/h3-6,18-21,28,32H,7-16H2,1-2H3,(H,29,30)(H,31,33);1H. The van der Waals surface area contributed by atoms with Gasteiger partial charge in [0.2, 0.25) is 5.91 Å². The van der Waals surface area contributed by atoms with Crippen LogP contribution in [0.3, 0.4) is 0 Å². The van der Waals surface area contributed by atoms with E-state index in [4.69, 9.17) is 10.1 Å². The number of halogens is 1. The zero-order valence-electron chi connectivity index (χ0n) is 20.4. The molecule has 0 spiro atoms. The zero-order chi connectivity index (χ0) is 23.0. The first-order valence-electron chi connectivity index (χ1n) is 12.7. The van der Waals surface area contributed by atoms with Gasteiger partial charge in [0.05, 0.1) is 17.8 Å². The topological polar surface area (TPSA) is 86.3 Å². The van der Waals surface area contributed by atoms with Crippen molar-refractivity contribution in [3.8, 4) is 0 Å². The molecule has 1 amide bonds. The first kappa shape index (κ1) is 25.2. The third-order valence-electron chi connectivity index (χ3n) is 8.24. The van der Waals surface area contributed by atoms with Gasteiger partial charge < -0.3 is 21.1 Å². The Bertz CT molecular complexity index is 992. The third kappa shape index (κ3) is 5.34. The number of aliphatic hydroxyl groups is 1. The number of aromatic nitrogens is 1. The number of aryl methyl sites for hydroxylation is 1. The van der Waals surface area contributed by atoms with Crippen molar-refractivity contribution in [3.63, 3.8) is 0 Å². The van der Waals surface area contributed by atoms with E-state index in [-0.39, 0.29) is 36.4 Å². The smallest absolute Gasteiger partial charge is 0.224 e. The number of nitrogens with one attached hydrogen (secondary N) is 3. The highest BCUT2D eigenvalue weighted by Crippen LogP contribution is 2.61. The number of anilines is 2. The van der Waals surface area contributed by atoms with Crippen LogP contribution in [0, 0.1) is 30.1 Å². The van der Waals surface area contributed by atoms with Crippen molar-refractivity contribution in [1.29, 1.82) is 0 Å². The molecule has 1 aromatic heterocycles. The Kier molecular flexibility index (Phi) is 7.70. The van der Waals surface area contributed by atoms with Crippen LogP contribution in [0.25, 0.3) is 10.9 Å². The lowest BCUT2D eigenvalue weighted by Gasteiger charge is -2.56. The molecule has 4 aliphatic carbocycles. The SMILES string of the molecule is Cc1ccc2nc(NCC(C)NCCO)ccc2c1NC(=O)CC12CC3CC(CC(C3)C1)C2.Cl. The number of fused-ring (bicyclic) bond motifs is 1. The lowest BCUT2D eigenvalue weighted by Crippen LogP contribution is -2.47. The van der Waals surface area contributed by atoms with Gasteiger partial charge in [-0.1, -0.05) is 6.07 Å². The number of rotatable bonds is 9. The summed E-state index contributed by atoms with van der Waals surface area (Å²) in [7, 11) is 0. The molecule has 7 heteroatoms.